The van der Waals surface area contributed by atoms with Crippen molar-refractivity contribution < 1.29 is 9.90 Å². The van der Waals surface area contributed by atoms with E-state index < -0.39 is 0 Å². The van der Waals surface area contributed by atoms with Crippen molar-refractivity contribution in [2.75, 3.05) is 18.9 Å². The molecule has 0 aliphatic heterocycles. The number of amides is 1. The summed E-state index contributed by atoms with van der Waals surface area (Å²) in [6, 6.07) is 0. The number of carbonyl (C=O) groups is 1. The summed E-state index contributed by atoms with van der Waals surface area (Å²) in [5.74, 6) is 0.0300. The van der Waals surface area contributed by atoms with Gasteiger partial charge in [-0.3, -0.25) is 4.79 Å². The molecule has 0 rings (SSSR count). The Hall–Kier alpha value is -0.220. The molecule has 0 aromatic rings. The molecule has 0 atom stereocenters. The SMILES string of the molecule is O=C(CS)NCCO. The number of aliphatic hydroxyl groups is 1. The number of carbonyl (C=O) groups excluding carboxylic acids is 1. The lowest BCUT2D eigenvalue weighted by Gasteiger charge is -1.96. The monoisotopic (exact) mass is 135 g/mol. The number of nitrogens with one attached hydrogen (secondary N) is 1. The second-order valence-corrected chi connectivity index (χ2v) is 1.55. The molecule has 8 heavy (non-hydrogen) atoms. The van der Waals surface area contributed by atoms with Gasteiger partial charge in [0.1, 0.15) is 0 Å². The molecule has 0 spiro atoms. The molecule has 0 heterocycles. The van der Waals surface area contributed by atoms with Gasteiger partial charge in [0.25, 0.3) is 0 Å². The lowest BCUT2D eigenvalue weighted by atomic mass is 10.6. The quantitative estimate of drug-likeness (QED) is 0.436. The van der Waals surface area contributed by atoms with Crippen LogP contribution in [0.5, 0.6) is 0 Å². The lowest BCUT2D eigenvalue weighted by molar-refractivity contribution is -0.118. The van der Waals surface area contributed by atoms with Crippen LogP contribution in [0.3, 0.4) is 0 Å². The summed E-state index contributed by atoms with van der Waals surface area (Å²) in [6.07, 6.45) is 0. The van der Waals surface area contributed by atoms with Crippen molar-refractivity contribution in [2.45, 2.75) is 0 Å². The molecule has 0 saturated carbocycles. The smallest absolute Gasteiger partial charge is 0.229 e. The van der Waals surface area contributed by atoms with Crippen molar-refractivity contribution in [1.82, 2.24) is 5.32 Å². The Morgan fingerprint density at radius 2 is 2.38 bits per heavy atom. The van der Waals surface area contributed by atoms with E-state index in [9.17, 15) is 4.79 Å². The van der Waals surface area contributed by atoms with Gasteiger partial charge in [-0.25, -0.2) is 0 Å². The molecule has 4 heteroatoms. The molecule has 0 fully saturated rings. The maximum atomic E-state index is 10.3. The topological polar surface area (TPSA) is 49.3 Å². The first-order valence-corrected chi connectivity index (χ1v) is 2.93. The number of hydrogen-bond donors (Lipinski definition) is 3. The fourth-order valence-electron chi connectivity index (χ4n) is 0.251. The highest BCUT2D eigenvalue weighted by molar-refractivity contribution is 7.81. The van der Waals surface area contributed by atoms with Crippen LogP contribution >= 0.6 is 12.6 Å². The van der Waals surface area contributed by atoms with Gasteiger partial charge in [-0.2, -0.15) is 12.6 Å². The summed E-state index contributed by atoms with van der Waals surface area (Å²) in [5, 5.41) is 10.6. The summed E-state index contributed by atoms with van der Waals surface area (Å²) < 4.78 is 0. The van der Waals surface area contributed by atoms with Crippen LogP contribution in [0.2, 0.25) is 0 Å². The first-order valence-electron chi connectivity index (χ1n) is 2.29. The van der Waals surface area contributed by atoms with Gasteiger partial charge in [0, 0.05) is 6.54 Å². The molecule has 3 nitrogen and oxygen atoms in total. The van der Waals surface area contributed by atoms with Crippen LogP contribution in [-0.2, 0) is 4.79 Å². The molecule has 48 valence electrons. The molecule has 0 aromatic heterocycles. The Labute approximate surface area is 53.5 Å². The van der Waals surface area contributed by atoms with Crippen molar-refractivity contribution in [1.29, 1.82) is 0 Å². The standard InChI is InChI=1S/C4H9NO2S/c6-2-1-5-4(7)3-8/h6,8H,1-3H2,(H,5,7). The van der Waals surface area contributed by atoms with Crippen LogP contribution in [0.25, 0.3) is 0 Å². The van der Waals surface area contributed by atoms with Crippen molar-refractivity contribution in [2.24, 2.45) is 0 Å². The number of rotatable bonds is 3. The van der Waals surface area contributed by atoms with Gasteiger partial charge >= 0.3 is 0 Å². The first kappa shape index (κ1) is 7.78. The Bertz CT molecular complexity index is 76.4. The molecular formula is C4H9NO2S. The minimum absolute atomic E-state index is 0.0144. The highest BCUT2D eigenvalue weighted by Crippen LogP contribution is 1.70. The molecule has 0 aliphatic carbocycles. The summed E-state index contributed by atoms with van der Waals surface area (Å²) in [7, 11) is 0. The van der Waals surface area contributed by atoms with Gasteiger partial charge in [0.05, 0.1) is 12.4 Å². The molecular weight excluding hydrogens is 126 g/mol. The zero-order valence-corrected chi connectivity index (χ0v) is 5.32. The highest BCUT2D eigenvalue weighted by atomic mass is 32.1. The Balaban J connectivity index is 2.99. The van der Waals surface area contributed by atoms with Gasteiger partial charge < -0.3 is 10.4 Å². The van der Waals surface area contributed by atoms with Gasteiger partial charge in [-0.1, -0.05) is 0 Å². The molecule has 0 aromatic carbocycles. The zero-order valence-electron chi connectivity index (χ0n) is 4.42. The average Bonchev–Trinajstić information content (AvgIpc) is 1.83. The maximum Gasteiger partial charge on any atom is 0.229 e. The summed E-state index contributed by atoms with van der Waals surface area (Å²) in [4.78, 5) is 10.3. The van der Waals surface area contributed by atoms with Gasteiger partial charge in [-0.15, -0.1) is 0 Å². The lowest BCUT2D eigenvalue weighted by Crippen LogP contribution is -2.27. The van der Waals surface area contributed by atoms with Crippen LogP contribution in [0.4, 0.5) is 0 Å². The van der Waals surface area contributed by atoms with Crippen LogP contribution in [-0.4, -0.2) is 29.9 Å². The summed E-state index contributed by atoms with van der Waals surface area (Å²) >= 11 is 3.69. The number of hydrogen-bond acceptors (Lipinski definition) is 3. The highest BCUT2D eigenvalue weighted by Gasteiger charge is 1.91. The predicted octanol–water partition coefficient (Wildman–Crippen LogP) is -0.975. The zero-order chi connectivity index (χ0) is 6.41. The van der Waals surface area contributed by atoms with Crippen molar-refractivity contribution in [3.8, 4) is 0 Å². The van der Waals surface area contributed by atoms with E-state index in [0.29, 0.717) is 6.54 Å². The van der Waals surface area contributed by atoms with Crippen LogP contribution < -0.4 is 5.32 Å². The van der Waals surface area contributed by atoms with Crippen molar-refractivity contribution in [3.05, 3.63) is 0 Å². The molecule has 0 radical (unpaired) electrons. The normalized spacial score (nSPS) is 8.75. The molecule has 0 saturated heterocycles. The molecule has 0 unspecified atom stereocenters. The predicted molar refractivity (Wildman–Crippen MR) is 33.9 cm³/mol. The van der Waals surface area contributed by atoms with Gasteiger partial charge in [-0.05, 0) is 0 Å². The Morgan fingerprint density at radius 1 is 1.75 bits per heavy atom. The summed E-state index contributed by atoms with van der Waals surface area (Å²) in [5.41, 5.74) is 0. The van der Waals surface area contributed by atoms with Crippen molar-refractivity contribution in [3.63, 3.8) is 0 Å². The van der Waals surface area contributed by atoms with Gasteiger partial charge in [0.2, 0.25) is 5.91 Å². The van der Waals surface area contributed by atoms with Gasteiger partial charge in [0.15, 0.2) is 0 Å². The third kappa shape index (κ3) is 3.95. The van der Waals surface area contributed by atoms with E-state index in [0.717, 1.165) is 0 Å². The minimum Gasteiger partial charge on any atom is -0.395 e. The van der Waals surface area contributed by atoms with E-state index in [2.05, 4.69) is 17.9 Å². The Kier molecular flexibility index (Phi) is 4.79. The van der Waals surface area contributed by atoms with E-state index >= 15 is 0 Å². The first-order chi connectivity index (χ1) is 3.81. The molecule has 0 bridgehead atoms. The number of aliphatic hydroxyl groups excluding tert-OH is 1. The van der Waals surface area contributed by atoms with Crippen LogP contribution in [0.1, 0.15) is 0 Å². The fraction of sp³-hybridized carbons (Fsp3) is 0.750. The third-order valence-corrected chi connectivity index (χ3v) is 0.865. The Morgan fingerprint density at radius 3 is 2.75 bits per heavy atom. The summed E-state index contributed by atoms with van der Waals surface area (Å²) in [6.45, 7) is 0.304. The van der Waals surface area contributed by atoms with E-state index in [1.54, 1.807) is 0 Å². The molecule has 1 amide bonds. The van der Waals surface area contributed by atoms with Crippen LogP contribution in [0.15, 0.2) is 0 Å². The largest absolute Gasteiger partial charge is 0.395 e. The average molecular weight is 135 g/mol. The second-order valence-electron chi connectivity index (χ2n) is 1.23. The maximum absolute atomic E-state index is 10.3. The number of thiol groups is 1. The van der Waals surface area contributed by atoms with E-state index in [1.807, 2.05) is 0 Å². The third-order valence-electron chi connectivity index (χ3n) is 0.578. The van der Waals surface area contributed by atoms with Crippen LogP contribution in [0, 0.1) is 0 Å². The minimum atomic E-state index is -0.151. The van der Waals surface area contributed by atoms with E-state index in [-0.39, 0.29) is 18.3 Å². The molecule has 0 aliphatic rings. The van der Waals surface area contributed by atoms with Crippen molar-refractivity contribution >= 4 is 18.5 Å². The fourth-order valence-corrected chi connectivity index (χ4v) is 0.363. The second kappa shape index (κ2) is 4.93. The van der Waals surface area contributed by atoms with E-state index in [4.69, 9.17) is 5.11 Å². The molecule has 2 N–H and O–H groups in total. The van der Waals surface area contributed by atoms with E-state index in [1.165, 1.54) is 0 Å².